The van der Waals surface area contributed by atoms with Crippen molar-refractivity contribution in [3.63, 3.8) is 0 Å². The minimum atomic E-state index is -0.740. The second-order valence-electron chi connectivity index (χ2n) is 6.73. The van der Waals surface area contributed by atoms with Crippen LogP contribution in [0.4, 0.5) is 31.9 Å². The summed E-state index contributed by atoms with van der Waals surface area (Å²) in [6, 6.07) is 8.77. The van der Waals surface area contributed by atoms with Crippen molar-refractivity contribution < 1.29 is 13.5 Å². The number of para-hydroxylation sites is 1. The summed E-state index contributed by atoms with van der Waals surface area (Å²) in [5.74, 6) is 0.312. The Morgan fingerprint density at radius 3 is 2.58 bits per heavy atom. The van der Waals surface area contributed by atoms with Gasteiger partial charge in [-0.05, 0) is 31.2 Å². The lowest BCUT2D eigenvalue weighted by Crippen LogP contribution is -2.05. The van der Waals surface area contributed by atoms with Crippen LogP contribution >= 0.6 is 0 Å². The highest BCUT2D eigenvalue weighted by Crippen LogP contribution is 2.36. The van der Waals surface area contributed by atoms with Crippen molar-refractivity contribution in [2.75, 3.05) is 17.7 Å². The van der Waals surface area contributed by atoms with Gasteiger partial charge in [-0.1, -0.05) is 6.07 Å². The number of nitrogens with zero attached hydrogens (tertiary/aromatic N) is 5. The van der Waals surface area contributed by atoms with Crippen LogP contribution in [0.25, 0.3) is 11.4 Å². The maximum atomic E-state index is 14.0. The molecule has 4 rings (SSSR count). The Morgan fingerprint density at radius 2 is 1.87 bits per heavy atom. The first-order valence-electron chi connectivity index (χ1n) is 9.30. The van der Waals surface area contributed by atoms with E-state index in [0.29, 0.717) is 28.6 Å². The molecular formula is C21H19F2N7O. The van der Waals surface area contributed by atoms with E-state index in [-0.39, 0.29) is 11.6 Å². The standard InChI is InChI=1S/C21H19F2N7O/c1-12-10-24-21(27-16-8-7-13(22)9-15(16)23)28-19(12)26-17-6-4-5-14(18(17)31-3)20-25-11-30(2)29-20/h4-11H,1-3H3,(H2,24,26,27,28). The van der Waals surface area contributed by atoms with Crippen molar-refractivity contribution in [3.8, 4) is 17.1 Å². The highest BCUT2D eigenvalue weighted by Gasteiger charge is 2.16. The third-order valence-electron chi connectivity index (χ3n) is 4.46. The lowest BCUT2D eigenvalue weighted by Gasteiger charge is -2.15. The van der Waals surface area contributed by atoms with E-state index in [1.54, 1.807) is 31.4 Å². The molecule has 0 saturated carbocycles. The molecule has 0 atom stereocenters. The molecule has 8 nitrogen and oxygen atoms in total. The predicted molar refractivity (Wildman–Crippen MR) is 113 cm³/mol. The van der Waals surface area contributed by atoms with Crippen LogP contribution in [0, 0.1) is 18.6 Å². The second kappa shape index (κ2) is 8.34. The van der Waals surface area contributed by atoms with Gasteiger partial charge in [0.05, 0.1) is 24.0 Å². The van der Waals surface area contributed by atoms with E-state index in [1.165, 1.54) is 6.07 Å². The number of halogens is 2. The molecule has 10 heteroatoms. The molecule has 31 heavy (non-hydrogen) atoms. The molecule has 0 saturated heterocycles. The second-order valence-corrected chi connectivity index (χ2v) is 6.73. The van der Waals surface area contributed by atoms with Crippen LogP contribution in [0.2, 0.25) is 0 Å². The summed E-state index contributed by atoms with van der Waals surface area (Å²) in [4.78, 5) is 12.9. The summed E-state index contributed by atoms with van der Waals surface area (Å²) >= 11 is 0. The summed E-state index contributed by atoms with van der Waals surface area (Å²) in [5.41, 5.74) is 2.19. The average Bonchev–Trinajstić information content (AvgIpc) is 3.18. The van der Waals surface area contributed by atoms with E-state index in [2.05, 4.69) is 30.7 Å². The zero-order valence-electron chi connectivity index (χ0n) is 17.0. The van der Waals surface area contributed by atoms with Gasteiger partial charge in [-0.25, -0.2) is 18.7 Å². The van der Waals surface area contributed by atoms with E-state index in [4.69, 9.17) is 4.74 Å². The number of rotatable bonds is 6. The summed E-state index contributed by atoms with van der Waals surface area (Å²) < 4.78 is 34.3. The third kappa shape index (κ3) is 4.27. The zero-order chi connectivity index (χ0) is 22.0. The lowest BCUT2D eigenvalue weighted by atomic mass is 10.1. The zero-order valence-corrected chi connectivity index (χ0v) is 17.0. The Kier molecular flexibility index (Phi) is 5.44. The topological polar surface area (TPSA) is 89.8 Å². The molecule has 2 N–H and O–H groups in total. The van der Waals surface area contributed by atoms with Crippen LogP contribution in [-0.2, 0) is 7.05 Å². The first-order valence-corrected chi connectivity index (χ1v) is 9.30. The smallest absolute Gasteiger partial charge is 0.229 e. The fourth-order valence-corrected chi connectivity index (χ4v) is 2.96. The number of ether oxygens (including phenoxy) is 1. The van der Waals surface area contributed by atoms with Crippen molar-refractivity contribution in [2.24, 2.45) is 7.05 Å². The number of nitrogens with one attached hydrogen (secondary N) is 2. The number of aromatic nitrogens is 5. The molecule has 0 spiro atoms. The number of anilines is 4. The summed E-state index contributed by atoms with van der Waals surface area (Å²) in [6.45, 7) is 1.83. The Bertz CT molecular complexity index is 1240. The van der Waals surface area contributed by atoms with Crippen LogP contribution < -0.4 is 15.4 Å². The van der Waals surface area contributed by atoms with Gasteiger partial charge in [0.2, 0.25) is 5.95 Å². The Hall–Kier alpha value is -4.08. The summed E-state index contributed by atoms with van der Waals surface area (Å²) in [6.07, 6.45) is 3.20. The number of benzene rings is 2. The molecule has 2 heterocycles. The van der Waals surface area contributed by atoms with Gasteiger partial charge in [-0.3, -0.25) is 4.68 Å². The van der Waals surface area contributed by atoms with Gasteiger partial charge in [0.1, 0.15) is 23.8 Å². The van der Waals surface area contributed by atoms with E-state index >= 15 is 0 Å². The number of methoxy groups -OCH3 is 1. The van der Waals surface area contributed by atoms with Gasteiger partial charge in [0.15, 0.2) is 11.6 Å². The molecular weight excluding hydrogens is 404 g/mol. The fraction of sp³-hybridized carbons (Fsp3) is 0.143. The lowest BCUT2D eigenvalue weighted by molar-refractivity contribution is 0.418. The Labute approximate surface area is 177 Å². The normalized spacial score (nSPS) is 10.7. The van der Waals surface area contributed by atoms with Crippen molar-refractivity contribution in [1.29, 1.82) is 0 Å². The van der Waals surface area contributed by atoms with Crippen LogP contribution in [0.3, 0.4) is 0 Å². The summed E-state index contributed by atoms with van der Waals surface area (Å²) in [5, 5.41) is 10.3. The van der Waals surface area contributed by atoms with Crippen LogP contribution in [0.15, 0.2) is 48.9 Å². The van der Waals surface area contributed by atoms with E-state index < -0.39 is 11.6 Å². The first kappa shape index (κ1) is 20.2. The maximum absolute atomic E-state index is 14.0. The van der Waals surface area contributed by atoms with E-state index in [0.717, 1.165) is 17.7 Å². The minimum absolute atomic E-state index is 0.0667. The van der Waals surface area contributed by atoms with Crippen molar-refractivity contribution in [1.82, 2.24) is 24.7 Å². The minimum Gasteiger partial charge on any atom is -0.494 e. The molecule has 0 unspecified atom stereocenters. The molecule has 0 bridgehead atoms. The van der Waals surface area contributed by atoms with Crippen molar-refractivity contribution >= 4 is 23.1 Å². The highest BCUT2D eigenvalue weighted by molar-refractivity contribution is 5.77. The molecule has 0 radical (unpaired) electrons. The van der Waals surface area contributed by atoms with Gasteiger partial charge >= 0.3 is 0 Å². The first-order chi connectivity index (χ1) is 14.9. The molecule has 0 aliphatic rings. The van der Waals surface area contributed by atoms with Gasteiger partial charge in [0, 0.05) is 24.9 Å². The molecule has 0 amide bonds. The van der Waals surface area contributed by atoms with Crippen LogP contribution in [-0.4, -0.2) is 31.8 Å². The predicted octanol–water partition coefficient (Wildman–Crippen LogP) is 4.35. The number of hydrogen-bond acceptors (Lipinski definition) is 7. The largest absolute Gasteiger partial charge is 0.494 e. The molecule has 0 aliphatic heterocycles. The number of aryl methyl sites for hydroxylation is 2. The average molecular weight is 423 g/mol. The van der Waals surface area contributed by atoms with Crippen LogP contribution in [0.5, 0.6) is 5.75 Å². The van der Waals surface area contributed by atoms with E-state index in [1.807, 2.05) is 25.1 Å². The van der Waals surface area contributed by atoms with Gasteiger partial charge in [-0.2, -0.15) is 10.1 Å². The van der Waals surface area contributed by atoms with Crippen LogP contribution in [0.1, 0.15) is 5.56 Å². The van der Waals surface area contributed by atoms with Crippen molar-refractivity contribution in [3.05, 3.63) is 66.1 Å². The number of hydrogen-bond donors (Lipinski definition) is 2. The molecule has 0 aliphatic carbocycles. The maximum Gasteiger partial charge on any atom is 0.229 e. The molecule has 2 aromatic heterocycles. The molecule has 4 aromatic rings. The summed E-state index contributed by atoms with van der Waals surface area (Å²) in [7, 11) is 3.35. The fourth-order valence-electron chi connectivity index (χ4n) is 2.96. The SMILES string of the molecule is COc1c(Nc2nc(Nc3ccc(F)cc3F)ncc2C)cccc1-c1ncn(C)n1. The quantitative estimate of drug-likeness (QED) is 0.476. The Morgan fingerprint density at radius 1 is 1.03 bits per heavy atom. The van der Waals surface area contributed by atoms with Gasteiger partial charge in [0.25, 0.3) is 0 Å². The molecule has 158 valence electrons. The van der Waals surface area contributed by atoms with Gasteiger partial charge in [-0.15, -0.1) is 0 Å². The molecule has 2 aromatic carbocycles. The monoisotopic (exact) mass is 423 g/mol. The van der Waals surface area contributed by atoms with Gasteiger partial charge < -0.3 is 15.4 Å². The molecule has 0 fully saturated rings. The third-order valence-corrected chi connectivity index (χ3v) is 4.46. The highest BCUT2D eigenvalue weighted by atomic mass is 19.1. The van der Waals surface area contributed by atoms with Crippen molar-refractivity contribution in [2.45, 2.75) is 6.92 Å². The Balaban J connectivity index is 1.66. The van der Waals surface area contributed by atoms with E-state index in [9.17, 15) is 8.78 Å².